The summed E-state index contributed by atoms with van der Waals surface area (Å²) in [5, 5.41) is 3.54. The standard InChI is InChI=1S/C19H33N5/c20-18-22-17(15-11-7-3-1-2-4-8-12-15)23-19(24-18)21-16-13-9-5-6-10-14-16/h15-16H,1-14H2,(H3,20,21,22,23,24). The van der Waals surface area contributed by atoms with Crippen molar-refractivity contribution in [2.45, 2.75) is 102 Å². The van der Waals surface area contributed by atoms with Gasteiger partial charge in [0, 0.05) is 12.0 Å². The molecule has 0 atom stereocenters. The van der Waals surface area contributed by atoms with E-state index in [0.29, 0.717) is 23.9 Å². The van der Waals surface area contributed by atoms with Gasteiger partial charge in [-0.3, -0.25) is 0 Å². The molecule has 3 rings (SSSR count). The van der Waals surface area contributed by atoms with E-state index in [2.05, 4.69) is 15.3 Å². The fourth-order valence-electron chi connectivity index (χ4n) is 4.15. The zero-order chi connectivity index (χ0) is 16.6. The van der Waals surface area contributed by atoms with Crippen LogP contribution in [-0.2, 0) is 0 Å². The molecule has 2 aliphatic carbocycles. The van der Waals surface area contributed by atoms with Gasteiger partial charge in [-0.05, 0) is 25.7 Å². The first kappa shape index (κ1) is 17.4. The van der Waals surface area contributed by atoms with E-state index in [1.54, 1.807) is 0 Å². The number of anilines is 2. The number of hydrogen-bond donors (Lipinski definition) is 2. The lowest BCUT2D eigenvalue weighted by Gasteiger charge is -2.19. The first-order valence-corrected chi connectivity index (χ1v) is 10.1. The van der Waals surface area contributed by atoms with E-state index in [0.717, 1.165) is 5.82 Å². The van der Waals surface area contributed by atoms with Gasteiger partial charge in [-0.2, -0.15) is 15.0 Å². The van der Waals surface area contributed by atoms with Gasteiger partial charge < -0.3 is 11.1 Å². The Labute approximate surface area is 146 Å². The van der Waals surface area contributed by atoms with Crippen molar-refractivity contribution in [3.05, 3.63) is 5.82 Å². The van der Waals surface area contributed by atoms with Crippen LogP contribution in [0.2, 0.25) is 0 Å². The van der Waals surface area contributed by atoms with Crippen LogP contribution in [0.5, 0.6) is 0 Å². The van der Waals surface area contributed by atoms with Gasteiger partial charge in [-0.15, -0.1) is 0 Å². The van der Waals surface area contributed by atoms with Crippen molar-refractivity contribution in [1.82, 2.24) is 15.0 Å². The second kappa shape index (κ2) is 9.19. The zero-order valence-electron chi connectivity index (χ0n) is 15.0. The molecule has 2 fully saturated rings. The topological polar surface area (TPSA) is 76.7 Å². The first-order valence-electron chi connectivity index (χ1n) is 10.1. The highest BCUT2D eigenvalue weighted by Gasteiger charge is 2.19. The summed E-state index contributed by atoms with van der Waals surface area (Å²) in [6, 6.07) is 0.489. The van der Waals surface area contributed by atoms with Crippen LogP contribution in [0.15, 0.2) is 0 Å². The molecule has 0 bridgehead atoms. The van der Waals surface area contributed by atoms with Crippen molar-refractivity contribution in [2.75, 3.05) is 11.1 Å². The van der Waals surface area contributed by atoms with Crippen molar-refractivity contribution in [3.63, 3.8) is 0 Å². The fraction of sp³-hybridized carbons (Fsp3) is 0.842. The summed E-state index contributed by atoms with van der Waals surface area (Å²) in [4.78, 5) is 13.6. The molecule has 5 heteroatoms. The van der Waals surface area contributed by atoms with Crippen LogP contribution in [0.1, 0.15) is 102 Å². The molecular weight excluding hydrogens is 298 g/mol. The Morgan fingerprint density at radius 1 is 0.667 bits per heavy atom. The molecule has 24 heavy (non-hydrogen) atoms. The highest BCUT2D eigenvalue weighted by Crippen LogP contribution is 2.29. The van der Waals surface area contributed by atoms with Gasteiger partial charge in [0.2, 0.25) is 11.9 Å². The van der Waals surface area contributed by atoms with E-state index in [4.69, 9.17) is 10.7 Å². The minimum Gasteiger partial charge on any atom is -0.368 e. The number of rotatable bonds is 3. The normalized spacial score (nSPS) is 22.2. The SMILES string of the molecule is Nc1nc(NC2CCCCCC2)nc(C2CCCCCCCC2)n1. The Balaban J connectivity index is 1.69. The smallest absolute Gasteiger partial charge is 0.227 e. The van der Waals surface area contributed by atoms with E-state index in [1.807, 2.05) is 0 Å². The Morgan fingerprint density at radius 2 is 1.21 bits per heavy atom. The van der Waals surface area contributed by atoms with Crippen molar-refractivity contribution in [2.24, 2.45) is 0 Å². The Morgan fingerprint density at radius 3 is 1.83 bits per heavy atom. The van der Waals surface area contributed by atoms with Gasteiger partial charge >= 0.3 is 0 Å². The van der Waals surface area contributed by atoms with Crippen LogP contribution >= 0.6 is 0 Å². The second-order valence-corrected chi connectivity index (χ2v) is 7.60. The Hall–Kier alpha value is -1.39. The minimum atomic E-state index is 0.371. The molecule has 0 unspecified atom stereocenters. The predicted molar refractivity (Wildman–Crippen MR) is 99.0 cm³/mol. The highest BCUT2D eigenvalue weighted by molar-refractivity contribution is 5.33. The van der Waals surface area contributed by atoms with Gasteiger partial charge in [0.05, 0.1) is 0 Å². The van der Waals surface area contributed by atoms with Crippen LogP contribution in [0.4, 0.5) is 11.9 Å². The summed E-state index contributed by atoms with van der Waals surface area (Å²) in [6.07, 6.45) is 18.1. The number of aromatic nitrogens is 3. The van der Waals surface area contributed by atoms with Gasteiger partial charge in [-0.25, -0.2) is 0 Å². The third-order valence-corrected chi connectivity index (χ3v) is 5.58. The summed E-state index contributed by atoms with van der Waals surface area (Å²) >= 11 is 0. The first-order chi connectivity index (χ1) is 11.8. The number of hydrogen-bond acceptors (Lipinski definition) is 5. The van der Waals surface area contributed by atoms with Crippen molar-refractivity contribution in [1.29, 1.82) is 0 Å². The van der Waals surface area contributed by atoms with Gasteiger partial charge in [0.15, 0.2) is 0 Å². The molecule has 0 radical (unpaired) electrons. The molecule has 134 valence electrons. The van der Waals surface area contributed by atoms with E-state index in [9.17, 15) is 0 Å². The molecule has 2 saturated carbocycles. The summed E-state index contributed by atoms with van der Waals surface area (Å²) in [7, 11) is 0. The second-order valence-electron chi connectivity index (χ2n) is 7.60. The maximum absolute atomic E-state index is 6.00. The van der Waals surface area contributed by atoms with Gasteiger partial charge in [-0.1, -0.05) is 64.2 Å². The van der Waals surface area contributed by atoms with Crippen LogP contribution in [0, 0.1) is 0 Å². The van der Waals surface area contributed by atoms with Crippen LogP contribution in [-0.4, -0.2) is 21.0 Å². The quantitative estimate of drug-likeness (QED) is 0.777. The Kier molecular flexibility index (Phi) is 6.67. The number of nitrogens with one attached hydrogen (secondary N) is 1. The average Bonchev–Trinajstić information content (AvgIpc) is 2.74. The van der Waals surface area contributed by atoms with Crippen LogP contribution in [0.25, 0.3) is 0 Å². The highest BCUT2D eigenvalue weighted by atomic mass is 15.2. The summed E-state index contributed by atoms with van der Waals surface area (Å²) in [6.45, 7) is 0. The van der Waals surface area contributed by atoms with E-state index in [1.165, 1.54) is 89.9 Å². The number of nitrogens with two attached hydrogens (primary N) is 1. The number of nitrogen functional groups attached to an aromatic ring is 1. The molecule has 0 aliphatic heterocycles. The molecule has 0 aromatic carbocycles. The lowest BCUT2D eigenvalue weighted by Crippen LogP contribution is -2.21. The maximum Gasteiger partial charge on any atom is 0.227 e. The van der Waals surface area contributed by atoms with E-state index < -0.39 is 0 Å². The molecule has 1 heterocycles. The lowest BCUT2D eigenvalue weighted by atomic mass is 9.96. The van der Waals surface area contributed by atoms with Crippen LogP contribution in [0.3, 0.4) is 0 Å². The van der Waals surface area contributed by atoms with Crippen molar-refractivity contribution < 1.29 is 0 Å². The predicted octanol–water partition coefficient (Wildman–Crippen LogP) is 4.81. The molecule has 3 N–H and O–H groups in total. The monoisotopic (exact) mass is 331 g/mol. The molecule has 0 spiro atoms. The minimum absolute atomic E-state index is 0.371. The molecular formula is C19H33N5. The average molecular weight is 332 g/mol. The van der Waals surface area contributed by atoms with Gasteiger partial charge in [0.1, 0.15) is 5.82 Å². The summed E-state index contributed by atoms with van der Waals surface area (Å²) in [5.74, 6) is 2.43. The molecule has 1 aromatic rings. The van der Waals surface area contributed by atoms with Crippen molar-refractivity contribution >= 4 is 11.9 Å². The maximum atomic E-state index is 6.00. The summed E-state index contributed by atoms with van der Waals surface area (Å²) < 4.78 is 0. The lowest BCUT2D eigenvalue weighted by molar-refractivity contribution is 0.514. The van der Waals surface area contributed by atoms with E-state index in [-0.39, 0.29) is 0 Å². The molecule has 1 aromatic heterocycles. The summed E-state index contributed by atoms with van der Waals surface area (Å²) in [5.41, 5.74) is 6.00. The molecule has 0 amide bonds. The third kappa shape index (κ3) is 5.32. The third-order valence-electron chi connectivity index (χ3n) is 5.58. The van der Waals surface area contributed by atoms with Crippen LogP contribution < -0.4 is 11.1 Å². The largest absolute Gasteiger partial charge is 0.368 e. The molecule has 5 nitrogen and oxygen atoms in total. The van der Waals surface area contributed by atoms with Gasteiger partial charge in [0.25, 0.3) is 0 Å². The Bertz CT molecular complexity index is 487. The van der Waals surface area contributed by atoms with E-state index >= 15 is 0 Å². The molecule has 0 saturated heterocycles. The number of nitrogens with zero attached hydrogens (tertiary/aromatic N) is 3. The molecule has 2 aliphatic rings. The van der Waals surface area contributed by atoms with Crippen molar-refractivity contribution in [3.8, 4) is 0 Å². The fourth-order valence-corrected chi connectivity index (χ4v) is 4.15. The zero-order valence-corrected chi connectivity index (χ0v) is 15.0.